The van der Waals surface area contributed by atoms with Crippen molar-refractivity contribution in [1.29, 1.82) is 0 Å². The van der Waals surface area contributed by atoms with Gasteiger partial charge in [0.15, 0.2) is 11.6 Å². The summed E-state index contributed by atoms with van der Waals surface area (Å²) in [7, 11) is 4.13. The zero-order chi connectivity index (χ0) is 23.4. The van der Waals surface area contributed by atoms with Gasteiger partial charge in [-0.05, 0) is 91.9 Å². The lowest BCUT2D eigenvalue weighted by molar-refractivity contribution is -0.291. The smallest absolute Gasteiger partial charge is 0.190 e. The number of carbonyl (C=O) groups is 1. The quantitative estimate of drug-likeness (QED) is 0.618. The van der Waals surface area contributed by atoms with Gasteiger partial charge in [-0.3, -0.25) is 4.79 Å². The van der Waals surface area contributed by atoms with Crippen molar-refractivity contribution in [3.05, 3.63) is 64.8 Å². The molecule has 1 saturated heterocycles. The number of fused-ring (bicyclic) bond motifs is 4. The van der Waals surface area contributed by atoms with Gasteiger partial charge in [-0.2, -0.15) is 0 Å². The zero-order valence-electron chi connectivity index (χ0n) is 20.4. The minimum absolute atomic E-state index is 0.220. The van der Waals surface area contributed by atoms with Gasteiger partial charge in [0.25, 0.3) is 0 Å². The van der Waals surface area contributed by atoms with Crippen molar-refractivity contribution in [2.45, 2.75) is 64.1 Å². The van der Waals surface area contributed by atoms with Crippen LogP contribution in [0.4, 0.5) is 5.69 Å². The van der Waals surface area contributed by atoms with E-state index >= 15 is 0 Å². The van der Waals surface area contributed by atoms with E-state index in [0.29, 0.717) is 24.9 Å². The van der Waals surface area contributed by atoms with Crippen LogP contribution in [0.5, 0.6) is 0 Å². The van der Waals surface area contributed by atoms with E-state index in [4.69, 9.17) is 4.74 Å². The Hall–Kier alpha value is -2.17. The topological polar surface area (TPSA) is 49.8 Å². The second-order valence-corrected chi connectivity index (χ2v) is 10.8. The summed E-state index contributed by atoms with van der Waals surface area (Å²) in [6.45, 7) is 4.79. The molecule has 4 heteroatoms. The second-order valence-electron chi connectivity index (χ2n) is 10.8. The Bertz CT molecular complexity index is 1030. The molecule has 0 radical (unpaired) electrons. The van der Waals surface area contributed by atoms with E-state index in [1.807, 2.05) is 25.2 Å². The molecule has 1 N–H and O–H groups in total. The normalized spacial score (nSPS) is 36.2. The standard InChI is InChI=1S/C29H37NO3/c1-5-15-29(32)28(2)18-25(19-6-9-21(10-7-19)30(3)4)27-23-13-11-22(31)17-20(23)8-12-24(27)26(28)14-16-33-29/h5-7,9-10,15,17,24-26,32H,8,11-14,16,18H2,1-4H3/t24-,25+,26-,28-,29-/m0/s1. The Morgan fingerprint density at radius 2 is 1.88 bits per heavy atom. The average molecular weight is 448 g/mol. The van der Waals surface area contributed by atoms with Crippen LogP contribution in [-0.2, 0) is 9.53 Å². The van der Waals surface area contributed by atoms with Crippen LogP contribution in [0.1, 0.15) is 63.9 Å². The van der Waals surface area contributed by atoms with Crippen LogP contribution < -0.4 is 4.90 Å². The van der Waals surface area contributed by atoms with Crippen molar-refractivity contribution in [3.63, 3.8) is 0 Å². The Balaban J connectivity index is 1.67. The lowest BCUT2D eigenvalue weighted by Gasteiger charge is -2.60. The Morgan fingerprint density at radius 1 is 1.12 bits per heavy atom. The number of benzene rings is 1. The first-order chi connectivity index (χ1) is 15.8. The van der Waals surface area contributed by atoms with E-state index in [-0.39, 0.29) is 17.1 Å². The molecule has 0 spiro atoms. The molecule has 0 unspecified atom stereocenters. The lowest BCUT2D eigenvalue weighted by Crippen LogP contribution is -2.60. The number of anilines is 1. The van der Waals surface area contributed by atoms with Gasteiger partial charge in [-0.25, -0.2) is 0 Å². The molecule has 3 aliphatic carbocycles. The van der Waals surface area contributed by atoms with Gasteiger partial charge in [-0.1, -0.05) is 30.7 Å². The van der Waals surface area contributed by atoms with E-state index in [9.17, 15) is 9.90 Å². The van der Waals surface area contributed by atoms with Crippen LogP contribution in [0.15, 0.2) is 59.2 Å². The van der Waals surface area contributed by atoms with Gasteiger partial charge in [0, 0.05) is 37.5 Å². The van der Waals surface area contributed by atoms with Crippen molar-refractivity contribution in [1.82, 2.24) is 0 Å². The summed E-state index contributed by atoms with van der Waals surface area (Å²) in [5.74, 6) is 0.0304. The molecule has 1 heterocycles. The van der Waals surface area contributed by atoms with Gasteiger partial charge < -0.3 is 14.7 Å². The number of hydrogen-bond donors (Lipinski definition) is 1. The first-order valence-electron chi connectivity index (χ1n) is 12.5. The predicted octanol–water partition coefficient (Wildman–Crippen LogP) is 5.54. The molecule has 5 rings (SSSR count). The first-order valence-corrected chi connectivity index (χ1v) is 12.5. The summed E-state index contributed by atoms with van der Waals surface area (Å²) in [4.78, 5) is 14.3. The molecule has 176 valence electrons. The van der Waals surface area contributed by atoms with E-state index in [0.717, 1.165) is 32.1 Å². The van der Waals surface area contributed by atoms with Crippen LogP contribution in [0.3, 0.4) is 0 Å². The van der Waals surface area contributed by atoms with Crippen molar-refractivity contribution in [2.24, 2.45) is 17.3 Å². The molecular formula is C29H37NO3. The van der Waals surface area contributed by atoms with Crippen LogP contribution in [0, 0.1) is 17.3 Å². The minimum atomic E-state index is -1.25. The van der Waals surface area contributed by atoms with Crippen molar-refractivity contribution in [3.8, 4) is 0 Å². The Morgan fingerprint density at radius 3 is 2.58 bits per heavy atom. The highest BCUT2D eigenvalue weighted by Crippen LogP contribution is 2.64. The molecule has 5 atom stereocenters. The van der Waals surface area contributed by atoms with Gasteiger partial charge >= 0.3 is 0 Å². The van der Waals surface area contributed by atoms with Gasteiger partial charge in [0.05, 0.1) is 6.61 Å². The monoisotopic (exact) mass is 447 g/mol. The van der Waals surface area contributed by atoms with E-state index in [2.05, 4.69) is 50.2 Å². The maximum Gasteiger partial charge on any atom is 0.190 e. The van der Waals surface area contributed by atoms with Crippen LogP contribution in [0.2, 0.25) is 0 Å². The van der Waals surface area contributed by atoms with Gasteiger partial charge in [0.2, 0.25) is 0 Å². The molecule has 0 amide bonds. The van der Waals surface area contributed by atoms with Gasteiger partial charge in [-0.15, -0.1) is 0 Å². The number of rotatable bonds is 3. The van der Waals surface area contributed by atoms with Gasteiger partial charge in [0.1, 0.15) is 0 Å². The number of aliphatic hydroxyl groups is 1. The number of hydrogen-bond acceptors (Lipinski definition) is 4. The number of carbonyl (C=O) groups excluding carboxylic acids is 1. The molecule has 1 aromatic rings. The van der Waals surface area contributed by atoms with Crippen molar-refractivity contribution in [2.75, 3.05) is 25.6 Å². The zero-order valence-corrected chi connectivity index (χ0v) is 20.4. The number of ether oxygens (including phenoxy) is 1. The lowest BCUT2D eigenvalue weighted by atomic mass is 9.49. The van der Waals surface area contributed by atoms with E-state index in [1.54, 1.807) is 5.57 Å². The summed E-state index contributed by atoms with van der Waals surface area (Å²) >= 11 is 0. The number of nitrogens with zero attached hydrogens (tertiary/aromatic N) is 1. The molecular weight excluding hydrogens is 410 g/mol. The Kier molecular flexibility index (Phi) is 5.65. The highest BCUT2D eigenvalue weighted by Gasteiger charge is 2.61. The number of ketones is 1. The largest absolute Gasteiger partial charge is 0.378 e. The molecule has 1 saturated carbocycles. The SMILES string of the molecule is CC=C[C@]1(O)OCC[C@H]2[C@@H]3CCC4=CC(=O)CCC4=C3[C@@H](c3ccc(N(C)C)cc3)C[C@@]21C. The summed E-state index contributed by atoms with van der Waals surface area (Å²) in [6.07, 6.45) is 11.0. The minimum Gasteiger partial charge on any atom is -0.378 e. The molecule has 0 bridgehead atoms. The third kappa shape index (κ3) is 3.54. The number of allylic oxidation sites excluding steroid dienone is 5. The molecule has 0 aromatic heterocycles. The molecule has 33 heavy (non-hydrogen) atoms. The van der Waals surface area contributed by atoms with Crippen LogP contribution in [-0.4, -0.2) is 37.4 Å². The van der Waals surface area contributed by atoms with Crippen LogP contribution >= 0.6 is 0 Å². The summed E-state index contributed by atoms with van der Waals surface area (Å²) < 4.78 is 6.10. The second kappa shape index (κ2) is 8.25. The summed E-state index contributed by atoms with van der Waals surface area (Å²) in [5.41, 5.74) is 6.38. The van der Waals surface area contributed by atoms with E-state index < -0.39 is 5.79 Å². The fraction of sp³-hybridized carbons (Fsp3) is 0.552. The maximum absolute atomic E-state index is 12.2. The highest BCUT2D eigenvalue weighted by atomic mass is 16.6. The summed E-state index contributed by atoms with van der Waals surface area (Å²) in [6, 6.07) is 8.92. The molecule has 2 fully saturated rings. The summed E-state index contributed by atoms with van der Waals surface area (Å²) in [5, 5.41) is 11.8. The highest BCUT2D eigenvalue weighted by molar-refractivity contribution is 5.93. The fourth-order valence-corrected chi connectivity index (χ4v) is 7.23. The molecule has 1 aliphatic heterocycles. The first kappa shape index (κ1) is 22.6. The third-order valence-electron chi connectivity index (χ3n) is 8.90. The van der Waals surface area contributed by atoms with Crippen molar-refractivity contribution >= 4 is 11.5 Å². The predicted molar refractivity (Wildman–Crippen MR) is 132 cm³/mol. The van der Waals surface area contributed by atoms with Crippen LogP contribution in [0.25, 0.3) is 0 Å². The third-order valence-corrected chi connectivity index (χ3v) is 8.90. The molecule has 4 aliphatic rings. The van der Waals surface area contributed by atoms with E-state index in [1.165, 1.54) is 22.4 Å². The maximum atomic E-state index is 12.2. The Labute approximate surface area is 198 Å². The van der Waals surface area contributed by atoms with Crippen molar-refractivity contribution < 1.29 is 14.6 Å². The molecule has 1 aromatic carbocycles. The fourth-order valence-electron chi connectivity index (χ4n) is 7.23. The average Bonchev–Trinajstić information content (AvgIpc) is 2.79. The molecule has 4 nitrogen and oxygen atoms in total.